The van der Waals surface area contributed by atoms with Crippen molar-refractivity contribution < 1.29 is 28.6 Å². The highest BCUT2D eigenvalue weighted by molar-refractivity contribution is 5.99. The summed E-state index contributed by atoms with van der Waals surface area (Å²) >= 11 is 0. The molecule has 0 unspecified atom stereocenters. The molecule has 0 atom stereocenters. The molecule has 3 N–H and O–H groups in total. The molecule has 0 aromatic carbocycles. The van der Waals surface area contributed by atoms with Crippen LogP contribution in [0.1, 0.15) is 43.9 Å². The van der Waals surface area contributed by atoms with E-state index >= 15 is 0 Å². The van der Waals surface area contributed by atoms with Crippen molar-refractivity contribution in [3.63, 3.8) is 0 Å². The van der Waals surface area contributed by atoms with Crippen molar-refractivity contribution in [2.45, 2.75) is 39.8 Å². The average Bonchev–Trinajstić information content (AvgIpc) is 2.47. The van der Waals surface area contributed by atoms with E-state index in [9.17, 15) is 18.8 Å². The van der Waals surface area contributed by atoms with Crippen LogP contribution in [0.2, 0.25) is 0 Å². The summed E-state index contributed by atoms with van der Waals surface area (Å²) in [5, 5.41) is 13.4. The molecule has 8 nitrogen and oxygen atoms in total. The molecule has 9 heteroatoms. The van der Waals surface area contributed by atoms with Gasteiger partial charge in [0, 0.05) is 6.07 Å². The van der Waals surface area contributed by atoms with E-state index in [1.165, 1.54) is 13.0 Å². The molecule has 25 heavy (non-hydrogen) atoms. The van der Waals surface area contributed by atoms with Crippen LogP contribution in [-0.4, -0.2) is 33.7 Å². The minimum absolute atomic E-state index is 0.0772. The number of carbonyl (C=O) groups excluding carboxylic acids is 2. The Kier molecular flexibility index (Phi) is 6.60. The van der Waals surface area contributed by atoms with Crippen molar-refractivity contribution in [1.82, 2.24) is 15.6 Å². The molecule has 1 aromatic rings. The van der Waals surface area contributed by atoms with Gasteiger partial charge in [-0.15, -0.1) is 0 Å². The van der Waals surface area contributed by atoms with Gasteiger partial charge in [0.15, 0.2) is 0 Å². The SMILES string of the molecule is C/C=C(/NC(=O)c1cc(F)cc(CNC(=O)OC(C)(C)C)n1)C(=O)O. The van der Waals surface area contributed by atoms with Gasteiger partial charge in [0.2, 0.25) is 0 Å². The highest BCUT2D eigenvalue weighted by Gasteiger charge is 2.18. The number of carboxylic acid groups (broad SMARTS) is 1. The zero-order valence-electron chi connectivity index (χ0n) is 14.3. The van der Waals surface area contributed by atoms with Crippen LogP contribution in [0, 0.1) is 5.82 Å². The van der Waals surface area contributed by atoms with Crippen molar-refractivity contribution in [3.8, 4) is 0 Å². The Hall–Kier alpha value is -2.97. The Morgan fingerprint density at radius 2 is 1.96 bits per heavy atom. The Balaban J connectivity index is 2.84. The number of halogens is 1. The quantitative estimate of drug-likeness (QED) is 0.697. The molecule has 1 aromatic heterocycles. The van der Waals surface area contributed by atoms with Gasteiger partial charge < -0.3 is 20.5 Å². The third-order valence-corrected chi connectivity index (χ3v) is 2.66. The predicted molar refractivity (Wildman–Crippen MR) is 86.1 cm³/mol. The lowest BCUT2D eigenvalue weighted by atomic mass is 10.2. The summed E-state index contributed by atoms with van der Waals surface area (Å²) < 4.78 is 18.7. The first-order chi connectivity index (χ1) is 11.5. The Bertz CT molecular complexity index is 710. The number of rotatable bonds is 5. The maximum atomic E-state index is 13.7. The predicted octanol–water partition coefficient (Wildman–Crippen LogP) is 1.96. The summed E-state index contributed by atoms with van der Waals surface area (Å²) in [6.07, 6.45) is 0.469. The second-order valence-corrected chi connectivity index (χ2v) is 5.98. The molecule has 0 saturated heterocycles. The van der Waals surface area contributed by atoms with Crippen molar-refractivity contribution in [3.05, 3.63) is 41.1 Å². The molecule has 1 rings (SSSR count). The summed E-state index contributed by atoms with van der Waals surface area (Å²) in [5.74, 6) is -2.97. The third kappa shape index (κ3) is 6.98. The van der Waals surface area contributed by atoms with E-state index in [-0.39, 0.29) is 23.6 Å². The number of hydrogen-bond acceptors (Lipinski definition) is 5. The summed E-state index contributed by atoms with van der Waals surface area (Å²) in [5.41, 5.74) is -1.29. The topological polar surface area (TPSA) is 118 Å². The fourth-order valence-corrected chi connectivity index (χ4v) is 1.67. The van der Waals surface area contributed by atoms with Crippen molar-refractivity contribution in [1.29, 1.82) is 0 Å². The van der Waals surface area contributed by atoms with Crippen LogP contribution in [0.5, 0.6) is 0 Å². The Labute approximate surface area is 144 Å². The largest absolute Gasteiger partial charge is 0.477 e. The number of pyridine rings is 1. The normalized spacial score (nSPS) is 11.6. The maximum Gasteiger partial charge on any atom is 0.407 e. The van der Waals surface area contributed by atoms with E-state index in [0.717, 1.165) is 12.1 Å². The van der Waals surface area contributed by atoms with Gasteiger partial charge in [0.25, 0.3) is 5.91 Å². The summed E-state index contributed by atoms with van der Waals surface area (Å²) in [7, 11) is 0. The molecule has 2 amide bonds. The number of nitrogens with zero attached hydrogens (tertiary/aromatic N) is 1. The number of alkyl carbamates (subject to hydrolysis) is 1. The molecule has 0 radical (unpaired) electrons. The maximum absolute atomic E-state index is 13.7. The third-order valence-electron chi connectivity index (χ3n) is 2.66. The number of aliphatic carboxylic acids is 1. The summed E-state index contributed by atoms with van der Waals surface area (Å²) in [6, 6.07) is 1.91. The zero-order valence-corrected chi connectivity index (χ0v) is 14.3. The second-order valence-electron chi connectivity index (χ2n) is 5.98. The van der Waals surface area contributed by atoms with Crippen molar-refractivity contribution in [2.75, 3.05) is 0 Å². The molecule has 136 valence electrons. The van der Waals surface area contributed by atoms with Crippen LogP contribution in [0.15, 0.2) is 23.9 Å². The molecule has 0 spiro atoms. The van der Waals surface area contributed by atoms with Crippen LogP contribution < -0.4 is 10.6 Å². The van der Waals surface area contributed by atoms with Gasteiger partial charge in [0.1, 0.15) is 22.8 Å². The second kappa shape index (κ2) is 8.22. The number of nitrogens with one attached hydrogen (secondary N) is 2. The van der Waals surface area contributed by atoms with Crippen molar-refractivity contribution >= 4 is 18.0 Å². The number of hydrogen-bond donors (Lipinski definition) is 3. The molecule has 0 fully saturated rings. The van der Waals surface area contributed by atoms with Crippen molar-refractivity contribution in [2.24, 2.45) is 0 Å². The van der Waals surface area contributed by atoms with E-state index in [0.29, 0.717) is 0 Å². The molecular weight excluding hydrogens is 333 g/mol. The molecule has 0 bridgehead atoms. The molecule has 1 heterocycles. The zero-order chi connectivity index (χ0) is 19.2. The number of aromatic nitrogens is 1. The average molecular weight is 353 g/mol. The lowest BCUT2D eigenvalue weighted by molar-refractivity contribution is -0.133. The first-order valence-corrected chi connectivity index (χ1v) is 7.36. The Morgan fingerprint density at radius 1 is 1.32 bits per heavy atom. The van der Waals surface area contributed by atoms with Gasteiger partial charge in [-0.25, -0.2) is 19.0 Å². The van der Waals surface area contributed by atoms with E-state index in [1.807, 2.05) is 0 Å². The van der Waals surface area contributed by atoms with Crippen LogP contribution in [0.25, 0.3) is 0 Å². The first-order valence-electron chi connectivity index (χ1n) is 7.36. The molecular formula is C16H20FN3O5. The number of ether oxygens (including phenoxy) is 1. The number of allylic oxidation sites excluding steroid dienone is 1. The van der Waals surface area contributed by atoms with Crippen LogP contribution >= 0.6 is 0 Å². The van der Waals surface area contributed by atoms with E-state index in [1.54, 1.807) is 20.8 Å². The monoisotopic (exact) mass is 353 g/mol. The van der Waals surface area contributed by atoms with E-state index in [2.05, 4.69) is 15.6 Å². The molecule has 0 aliphatic heterocycles. The molecule has 0 aliphatic carbocycles. The Morgan fingerprint density at radius 3 is 2.48 bits per heavy atom. The van der Waals surface area contributed by atoms with E-state index < -0.39 is 29.4 Å². The van der Waals surface area contributed by atoms with Gasteiger partial charge in [-0.3, -0.25) is 4.79 Å². The minimum atomic E-state index is -1.33. The fourth-order valence-electron chi connectivity index (χ4n) is 1.67. The van der Waals surface area contributed by atoms with Gasteiger partial charge in [-0.2, -0.15) is 0 Å². The summed E-state index contributed by atoms with van der Waals surface area (Å²) in [6.45, 7) is 6.34. The van der Waals surface area contributed by atoms with E-state index in [4.69, 9.17) is 9.84 Å². The molecule has 0 saturated carbocycles. The van der Waals surface area contributed by atoms with Crippen LogP contribution in [0.3, 0.4) is 0 Å². The van der Waals surface area contributed by atoms with Gasteiger partial charge >= 0.3 is 12.1 Å². The smallest absolute Gasteiger partial charge is 0.407 e. The summed E-state index contributed by atoms with van der Waals surface area (Å²) in [4.78, 5) is 38.4. The lowest BCUT2D eigenvalue weighted by Crippen LogP contribution is -2.32. The van der Waals surface area contributed by atoms with Crippen LogP contribution in [-0.2, 0) is 16.1 Å². The highest BCUT2D eigenvalue weighted by atomic mass is 19.1. The number of carbonyl (C=O) groups is 3. The van der Waals surface area contributed by atoms with Gasteiger partial charge in [-0.1, -0.05) is 6.08 Å². The highest BCUT2D eigenvalue weighted by Crippen LogP contribution is 2.08. The standard InChI is InChI=1S/C16H20FN3O5/c1-5-11(14(22)23)20-13(21)12-7-9(17)6-10(19-12)8-18-15(24)25-16(2,3)4/h5-7H,8H2,1-4H3,(H,18,24)(H,20,21)(H,22,23)/b11-5+. The fraction of sp³-hybridized carbons (Fsp3) is 0.375. The number of amides is 2. The molecule has 0 aliphatic rings. The van der Waals surface area contributed by atoms with Crippen LogP contribution in [0.4, 0.5) is 9.18 Å². The lowest BCUT2D eigenvalue weighted by Gasteiger charge is -2.19. The van der Waals surface area contributed by atoms with Gasteiger partial charge in [-0.05, 0) is 33.8 Å². The number of carboxylic acids is 1. The van der Waals surface area contributed by atoms with Gasteiger partial charge in [0.05, 0.1) is 12.2 Å². The minimum Gasteiger partial charge on any atom is -0.477 e. The first kappa shape index (κ1) is 20.1.